The van der Waals surface area contributed by atoms with Crippen LogP contribution < -0.4 is 5.32 Å². The van der Waals surface area contributed by atoms with Crippen LogP contribution in [0.15, 0.2) is 0 Å². The number of nitrogens with one attached hydrogen (secondary N) is 1. The van der Waals surface area contributed by atoms with Gasteiger partial charge in [-0.25, -0.2) is 0 Å². The van der Waals surface area contributed by atoms with Crippen LogP contribution in [0.4, 0.5) is 0 Å². The quantitative estimate of drug-likeness (QED) is 0.742. The zero-order valence-corrected chi connectivity index (χ0v) is 11.5. The molecule has 0 aromatic carbocycles. The lowest BCUT2D eigenvalue weighted by atomic mass is 9.69. The Morgan fingerprint density at radius 3 is 2.29 bits per heavy atom. The number of aliphatic hydroxyl groups excluding tert-OH is 1. The fraction of sp³-hybridized carbons (Fsp3) is 0.929. The summed E-state index contributed by atoms with van der Waals surface area (Å²) in [5.41, 5.74) is 0.373. The summed E-state index contributed by atoms with van der Waals surface area (Å²) >= 11 is 0. The molecule has 3 heteroatoms. The lowest BCUT2D eigenvalue weighted by Gasteiger charge is -2.36. The van der Waals surface area contributed by atoms with Crippen molar-refractivity contribution in [2.75, 3.05) is 13.2 Å². The van der Waals surface area contributed by atoms with E-state index in [9.17, 15) is 4.79 Å². The fourth-order valence-corrected chi connectivity index (χ4v) is 2.66. The van der Waals surface area contributed by atoms with Gasteiger partial charge in [-0.05, 0) is 43.4 Å². The van der Waals surface area contributed by atoms with Crippen molar-refractivity contribution >= 4 is 5.91 Å². The molecule has 3 nitrogen and oxygen atoms in total. The van der Waals surface area contributed by atoms with Crippen molar-refractivity contribution in [3.63, 3.8) is 0 Å². The average molecular weight is 241 g/mol. The van der Waals surface area contributed by atoms with Crippen LogP contribution in [0.2, 0.25) is 0 Å². The molecule has 100 valence electrons. The van der Waals surface area contributed by atoms with Gasteiger partial charge in [0.15, 0.2) is 0 Å². The third-order valence-electron chi connectivity index (χ3n) is 3.96. The number of amides is 1. The van der Waals surface area contributed by atoms with Crippen molar-refractivity contribution in [1.29, 1.82) is 0 Å². The Morgan fingerprint density at radius 1 is 1.24 bits per heavy atom. The second-order valence-corrected chi connectivity index (χ2v) is 6.28. The Bertz CT molecular complexity index is 237. The highest BCUT2D eigenvalue weighted by Crippen LogP contribution is 2.39. The molecular weight excluding hydrogens is 214 g/mol. The molecule has 1 rings (SSSR count). The summed E-state index contributed by atoms with van der Waals surface area (Å²) in [6.45, 7) is 7.63. The van der Waals surface area contributed by atoms with Crippen molar-refractivity contribution in [2.45, 2.75) is 52.9 Å². The highest BCUT2D eigenvalue weighted by molar-refractivity contribution is 5.78. The second kappa shape index (κ2) is 6.39. The van der Waals surface area contributed by atoms with E-state index in [0.29, 0.717) is 18.4 Å². The Balaban J connectivity index is 2.29. The van der Waals surface area contributed by atoms with Crippen molar-refractivity contribution in [1.82, 2.24) is 5.32 Å². The third-order valence-corrected chi connectivity index (χ3v) is 3.96. The molecule has 0 spiro atoms. The van der Waals surface area contributed by atoms with Crippen molar-refractivity contribution in [3.05, 3.63) is 0 Å². The number of carbonyl (C=O) groups excluding carboxylic acids is 1. The van der Waals surface area contributed by atoms with Crippen LogP contribution in [-0.2, 0) is 4.79 Å². The van der Waals surface area contributed by atoms with Gasteiger partial charge in [0.25, 0.3) is 0 Å². The summed E-state index contributed by atoms with van der Waals surface area (Å²) in [4.78, 5) is 11.8. The molecule has 2 N–H and O–H groups in total. The van der Waals surface area contributed by atoms with Gasteiger partial charge in [-0.15, -0.1) is 0 Å². The lowest BCUT2D eigenvalue weighted by molar-refractivity contribution is -0.126. The first-order valence-corrected chi connectivity index (χ1v) is 6.83. The number of rotatable bonds is 4. The molecule has 0 unspecified atom stereocenters. The summed E-state index contributed by atoms with van der Waals surface area (Å²) < 4.78 is 0. The van der Waals surface area contributed by atoms with Gasteiger partial charge in [0.05, 0.1) is 0 Å². The predicted octanol–water partition coefficient (Wildman–Crippen LogP) is 2.34. The van der Waals surface area contributed by atoms with Crippen LogP contribution in [0.5, 0.6) is 0 Å². The Hall–Kier alpha value is -0.570. The van der Waals surface area contributed by atoms with Gasteiger partial charge in [-0.3, -0.25) is 4.79 Å². The minimum Gasteiger partial charge on any atom is -0.396 e. The molecule has 0 aliphatic heterocycles. The van der Waals surface area contributed by atoms with Gasteiger partial charge < -0.3 is 10.4 Å². The standard InChI is InChI=1S/C14H27NO2/c1-14(2,3)12-7-5-11(6-8-12)13(17)15-9-4-10-16/h11-12,16H,4-10H2,1-3H3,(H,15,17). The number of hydrogen-bond donors (Lipinski definition) is 2. The van der Waals surface area contributed by atoms with Crippen LogP contribution in [0.25, 0.3) is 0 Å². The van der Waals surface area contributed by atoms with Crippen LogP contribution >= 0.6 is 0 Å². The normalized spacial score (nSPS) is 25.6. The zero-order valence-electron chi connectivity index (χ0n) is 11.5. The maximum atomic E-state index is 11.8. The van der Waals surface area contributed by atoms with E-state index in [2.05, 4.69) is 26.1 Å². The minimum absolute atomic E-state index is 0.150. The van der Waals surface area contributed by atoms with Crippen LogP contribution in [0, 0.1) is 17.3 Å². The summed E-state index contributed by atoms with van der Waals surface area (Å²) in [7, 11) is 0. The highest BCUT2D eigenvalue weighted by atomic mass is 16.3. The first-order valence-electron chi connectivity index (χ1n) is 6.83. The zero-order chi connectivity index (χ0) is 12.9. The number of aliphatic hydroxyl groups is 1. The van der Waals surface area contributed by atoms with E-state index in [0.717, 1.165) is 18.8 Å². The largest absolute Gasteiger partial charge is 0.396 e. The molecule has 0 heterocycles. The molecule has 17 heavy (non-hydrogen) atoms. The lowest BCUT2D eigenvalue weighted by Crippen LogP contribution is -2.35. The average Bonchev–Trinajstić information content (AvgIpc) is 2.28. The molecule has 0 bridgehead atoms. The van der Waals surface area contributed by atoms with Gasteiger partial charge >= 0.3 is 0 Å². The van der Waals surface area contributed by atoms with Gasteiger partial charge in [0.1, 0.15) is 0 Å². The van der Waals surface area contributed by atoms with E-state index in [1.54, 1.807) is 0 Å². The molecule has 0 atom stereocenters. The summed E-state index contributed by atoms with van der Waals surface area (Å²) in [5, 5.41) is 11.6. The van der Waals surface area contributed by atoms with Gasteiger partial charge in [0, 0.05) is 19.1 Å². The monoisotopic (exact) mass is 241 g/mol. The number of hydrogen-bond acceptors (Lipinski definition) is 2. The second-order valence-electron chi connectivity index (χ2n) is 6.28. The van der Waals surface area contributed by atoms with E-state index in [1.807, 2.05) is 0 Å². The van der Waals surface area contributed by atoms with E-state index < -0.39 is 0 Å². The van der Waals surface area contributed by atoms with Gasteiger partial charge in [-0.1, -0.05) is 20.8 Å². The van der Waals surface area contributed by atoms with Crippen molar-refractivity contribution in [3.8, 4) is 0 Å². The minimum atomic E-state index is 0.150. The van der Waals surface area contributed by atoms with Crippen LogP contribution in [-0.4, -0.2) is 24.2 Å². The first-order chi connectivity index (χ1) is 7.95. The fourth-order valence-electron chi connectivity index (χ4n) is 2.66. The molecule has 0 radical (unpaired) electrons. The van der Waals surface area contributed by atoms with E-state index in [4.69, 9.17) is 5.11 Å². The molecule has 0 aromatic heterocycles. The van der Waals surface area contributed by atoms with Crippen LogP contribution in [0.3, 0.4) is 0 Å². The molecular formula is C14H27NO2. The highest BCUT2D eigenvalue weighted by Gasteiger charge is 2.32. The SMILES string of the molecule is CC(C)(C)C1CCC(C(=O)NCCCO)CC1. The van der Waals surface area contributed by atoms with E-state index >= 15 is 0 Å². The van der Waals surface area contributed by atoms with Gasteiger partial charge in [0.2, 0.25) is 5.91 Å². The molecule has 1 fully saturated rings. The van der Waals surface area contributed by atoms with Crippen molar-refractivity contribution < 1.29 is 9.90 Å². The van der Waals surface area contributed by atoms with E-state index in [1.165, 1.54) is 12.8 Å². The van der Waals surface area contributed by atoms with Crippen LogP contribution in [0.1, 0.15) is 52.9 Å². The van der Waals surface area contributed by atoms with Gasteiger partial charge in [-0.2, -0.15) is 0 Å². The Labute approximate surface area is 105 Å². The Morgan fingerprint density at radius 2 is 1.82 bits per heavy atom. The maximum Gasteiger partial charge on any atom is 0.223 e. The molecule has 1 aliphatic rings. The molecule has 1 saturated carbocycles. The maximum absolute atomic E-state index is 11.8. The molecule has 1 amide bonds. The molecule has 0 aromatic rings. The molecule has 0 saturated heterocycles. The summed E-state index contributed by atoms with van der Waals surface area (Å²) in [6, 6.07) is 0. The topological polar surface area (TPSA) is 49.3 Å². The Kier molecular flexibility index (Phi) is 5.44. The molecule has 1 aliphatic carbocycles. The third kappa shape index (κ3) is 4.66. The first kappa shape index (κ1) is 14.5. The summed E-state index contributed by atoms with van der Waals surface area (Å²) in [5.74, 6) is 1.14. The number of carbonyl (C=O) groups is 1. The predicted molar refractivity (Wildman–Crippen MR) is 69.6 cm³/mol. The van der Waals surface area contributed by atoms with E-state index in [-0.39, 0.29) is 18.4 Å². The van der Waals surface area contributed by atoms with Crippen molar-refractivity contribution in [2.24, 2.45) is 17.3 Å². The smallest absolute Gasteiger partial charge is 0.223 e. The summed E-state index contributed by atoms with van der Waals surface area (Å²) in [6.07, 6.45) is 5.03.